The lowest BCUT2D eigenvalue weighted by molar-refractivity contribution is -0.144. The van der Waals surface area contributed by atoms with E-state index in [4.69, 9.17) is 30.6 Å². The van der Waals surface area contributed by atoms with Gasteiger partial charge in [0.05, 0.1) is 11.2 Å². The molecule has 0 spiro atoms. The van der Waals surface area contributed by atoms with Gasteiger partial charge in [-0.15, -0.1) is 0 Å². The third kappa shape index (κ3) is 4.38. The van der Waals surface area contributed by atoms with Crippen LogP contribution in [0.1, 0.15) is 6.92 Å². The van der Waals surface area contributed by atoms with Gasteiger partial charge in [0.25, 0.3) is 5.71 Å². The molecule has 2 aromatic carbocycles. The largest absolute Gasteiger partial charge is 0.479 e. The average Bonchev–Trinajstić information content (AvgIpc) is 3.15. The second-order valence-electron chi connectivity index (χ2n) is 6.28. The van der Waals surface area contributed by atoms with E-state index >= 15 is 0 Å². The number of nitrogens with zero attached hydrogens (tertiary/aromatic N) is 3. The Morgan fingerprint density at radius 3 is 2.65 bits per heavy atom. The number of carbonyl (C=O) groups is 1. The molecule has 0 aliphatic rings. The van der Waals surface area contributed by atoms with Crippen molar-refractivity contribution < 1.29 is 32.6 Å². The monoisotopic (exact) mass is 447 g/mol. The van der Waals surface area contributed by atoms with Gasteiger partial charge in [0, 0.05) is 11.6 Å². The van der Waals surface area contributed by atoms with Crippen molar-refractivity contribution in [3.05, 3.63) is 59.3 Å². The van der Waals surface area contributed by atoms with Gasteiger partial charge in [-0.3, -0.25) is 0 Å². The number of hydrogen-bond acceptors (Lipinski definition) is 7. The summed E-state index contributed by atoms with van der Waals surface area (Å²) >= 11 is 6.17. The molecule has 31 heavy (non-hydrogen) atoms. The number of halogens is 3. The topological polar surface area (TPSA) is 108 Å². The fourth-order valence-electron chi connectivity index (χ4n) is 2.52. The molecule has 8 nitrogen and oxygen atoms in total. The summed E-state index contributed by atoms with van der Waals surface area (Å²) in [7, 11) is 0. The van der Waals surface area contributed by atoms with Gasteiger partial charge in [0.15, 0.2) is 17.7 Å². The molecule has 0 aliphatic heterocycles. The summed E-state index contributed by atoms with van der Waals surface area (Å²) in [5, 5.41) is 9.10. The van der Waals surface area contributed by atoms with Crippen LogP contribution in [-0.4, -0.2) is 32.1 Å². The maximum atomic E-state index is 13.8. The Morgan fingerprint density at radius 2 is 1.94 bits per heavy atom. The first-order chi connectivity index (χ1) is 14.8. The minimum absolute atomic E-state index is 0.0680. The number of rotatable bonds is 6. The van der Waals surface area contributed by atoms with E-state index in [1.807, 2.05) is 0 Å². The number of carboxylic acid groups (broad SMARTS) is 1. The maximum Gasteiger partial charge on any atom is 0.344 e. The first-order valence-corrected chi connectivity index (χ1v) is 9.14. The second kappa shape index (κ2) is 8.15. The number of ether oxygens (including phenoxy) is 2. The number of benzene rings is 2. The van der Waals surface area contributed by atoms with Gasteiger partial charge >= 0.3 is 12.0 Å². The first kappa shape index (κ1) is 20.5. The number of aliphatic carboxylic acids is 1. The van der Waals surface area contributed by atoms with Crippen molar-refractivity contribution in [2.75, 3.05) is 0 Å². The van der Waals surface area contributed by atoms with Crippen molar-refractivity contribution in [2.45, 2.75) is 13.0 Å². The summed E-state index contributed by atoms with van der Waals surface area (Å²) in [6.07, 6.45) is 0.243. The summed E-state index contributed by atoms with van der Waals surface area (Å²) < 4.78 is 42.9. The van der Waals surface area contributed by atoms with Crippen molar-refractivity contribution in [3.8, 4) is 29.0 Å². The predicted molar refractivity (Wildman–Crippen MR) is 104 cm³/mol. The van der Waals surface area contributed by atoms with E-state index in [2.05, 4.69) is 15.0 Å². The van der Waals surface area contributed by atoms with Crippen molar-refractivity contribution in [3.63, 3.8) is 0 Å². The second-order valence-corrected chi connectivity index (χ2v) is 6.69. The molecule has 0 bridgehead atoms. The molecule has 11 heteroatoms. The Bertz CT molecular complexity index is 1300. The van der Waals surface area contributed by atoms with Gasteiger partial charge < -0.3 is 19.0 Å². The molecule has 158 valence electrons. The first-order valence-electron chi connectivity index (χ1n) is 8.76. The van der Waals surface area contributed by atoms with E-state index in [0.29, 0.717) is 17.1 Å². The van der Waals surface area contributed by atoms with Crippen LogP contribution in [-0.2, 0) is 4.79 Å². The Hall–Kier alpha value is -3.79. The van der Waals surface area contributed by atoms with Gasteiger partial charge in [-0.2, -0.15) is 4.98 Å². The highest BCUT2D eigenvalue weighted by Gasteiger charge is 2.17. The highest BCUT2D eigenvalue weighted by molar-refractivity contribution is 6.32. The van der Waals surface area contributed by atoms with Crippen LogP contribution in [0.5, 0.6) is 17.5 Å². The zero-order chi connectivity index (χ0) is 22.1. The molecule has 0 radical (unpaired) electrons. The summed E-state index contributed by atoms with van der Waals surface area (Å²) in [5.41, 5.74) is 0.849. The van der Waals surface area contributed by atoms with Crippen LogP contribution in [0.3, 0.4) is 0 Å². The quantitative estimate of drug-likeness (QED) is 0.446. The zero-order valence-corrected chi connectivity index (χ0v) is 16.4. The Labute approximate surface area is 178 Å². The van der Waals surface area contributed by atoms with Crippen LogP contribution >= 0.6 is 11.6 Å². The van der Waals surface area contributed by atoms with E-state index in [1.165, 1.54) is 25.3 Å². The molecule has 1 atom stereocenters. The molecular formula is C20H12ClF2N3O5. The lowest BCUT2D eigenvalue weighted by atomic mass is 10.2. The van der Waals surface area contributed by atoms with Gasteiger partial charge in [-0.25, -0.2) is 23.5 Å². The zero-order valence-electron chi connectivity index (χ0n) is 15.7. The van der Waals surface area contributed by atoms with Crippen LogP contribution in [0.4, 0.5) is 8.78 Å². The molecule has 4 rings (SSSR count). The Morgan fingerprint density at radius 1 is 1.16 bits per heavy atom. The lowest BCUT2D eigenvalue weighted by Gasteiger charge is -2.12. The minimum atomic E-state index is -1.13. The summed E-state index contributed by atoms with van der Waals surface area (Å²) in [4.78, 5) is 23.2. The van der Waals surface area contributed by atoms with Crippen LogP contribution < -0.4 is 9.47 Å². The van der Waals surface area contributed by atoms with Gasteiger partial charge in [0.2, 0.25) is 5.89 Å². The average molecular weight is 448 g/mol. The van der Waals surface area contributed by atoms with Crippen molar-refractivity contribution in [1.29, 1.82) is 0 Å². The summed E-state index contributed by atoms with van der Waals surface area (Å²) in [6.45, 7) is 1.38. The maximum absolute atomic E-state index is 13.8. The van der Waals surface area contributed by atoms with E-state index in [9.17, 15) is 13.6 Å². The van der Waals surface area contributed by atoms with Crippen molar-refractivity contribution >= 4 is 28.8 Å². The van der Waals surface area contributed by atoms with E-state index in [-0.39, 0.29) is 34.1 Å². The molecule has 2 aromatic heterocycles. The molecule has 2 heterocycles. The molecule has 0 amide bonds. The fourth-order valence-corrected chi connectivity index (χ4v) is 2.74. The predicted octanol–water partition coefficient (Wildman–Crippen LogP) is 4.86. The molecular weight excluding hydrogens is 436 g/mol. The number of aromatic nitrogens is 3. The third-order valence-corrected chi connectivity index (χ3v) is 4.35. The standard InChI is InChI=1S/C20H12ClF2N3O5/c1-9(19(27)28)29-15-4-2-10(6-12(15)21)17-25-14-8-24-20(26-18(14)31-17)30-16-5-3-11(22)7-13(16)23/h2-9H,1H3,(H,27,28). The van der Waals surface area contributed by atoms with E-state index in [1.54, 1.807) is 6.07 Å². The number of fused-ring (bicyclic) bond motifs is 1. The summed E-state index contributed by atoms with van der Waals surface area (Å²) in [5.74, 6) is -2.68. The van der Waals surface area contributed by atoms with E-state index in [0.717, 1.165) is 12.1 Å². The van der Waals surface area contributed by atoms with Gasteiger partial charge in [-0.05, 0) is 37.3 Å². The van der Waals surface area contributed by atoms with Gasteiger partial charge in [0.1, 0.15) is 17.1 Å². The van der Waals surface area contributed by atoms with Crippen LogP contribution in [0.2, 0.25) is 5.02 Å². The highest BCUT2D eigenvalue weighted by atomic mass is 35.5. The number of oxazole rings is 1. The van der Waals surface area contributed by atoms with E-state index < -0.39 is 23.7 Å². The SMILES string of the molecule is CC(Oc1ccc(-c2nc3cnc(Oc4ccc(F)cc4F)nc3o2)cc1Cl)C(=O)O. The van der Waals surface area contributed by atoms with Crippen molar-refractivity contribution in [1.82, 2.24) is 15.0 Å². The Balaban J connectivity index is 1.59. The van der Waals surface area contributed by atoms with Crippen LogP contribution in [0.15, 0.2) is 47.0 Å². The van der Waals surface area contributed by atoms with Crippen LogP contribution in [0, 0.1) is 11.6 Å². The molecule has 0 fully saturated rings. The molecule has 0 saturated carbocycles. The molecule has 1 unspecified atom stereocenters. The normalized spacial score (nSPS) is 12.0. The third-order valence-electron chi connectivity index (χ3n) is 4.05. The highest BCUT2D eigenvalue weighted by Crippen LogP contribution is 2.32. The number of carboxylic acids is 1. The van der Waals surface area contributed by atoms with Crippen LogP contribution in [0.25, 0.3) is 22.7 Å². The smallest absolute Gasteiger partial charge is 0.344 e. The summed E-state index contributed by atoms with van der Waals surface area (Å²) in [6, 6.07) is 7.18. The molecule has 4 aromatic rings. The Kier molecular flexibility index (Phi) is 5.38. The minimum Gasteiger partial charge on any atom is -0.479 e. The number of hydrogen-bond donors (Lipinski definition) is 1. The van der Waals surface area contributed by atoms with Gasteiger partial charge in [-0.1, -0.05) is 11.6 Å². The molecule has 1 N–H and O–H groups in total. The van der Waals surface area contributed by atoms with Crippen molar-refractivity contribution in [2.24, 2.45) is 0 Å². The lowest BCUT2D eigenvalue weighted by Crippen LogP contribution is -2.22. The molecule has 0 aliphatic carbocycles. The fraction of sp³-hybridized carbons (Fsp3) is 0.100. The molecule has 0 saturated heterocycles.